The molecule has 5 nitrogen and oxygen atoms in total. The number of anilines is 1. The largest absolute Gasteiger partial charge is 0.573 e. The zero-order chi connectivity index (χ0) is 18.6. The molecule has 1 atom stereocenters. The van der Waals surface area contributed by atoms with Crippen molar-refractivity contribution in [3.05, 3.63) is 54.1 Å². The van der Waals surface area contributed by atoms with E-state index in [0.717, 1.165) is 17.7 Å². The molecule has 1 aliphatic rings. The number of aliphatic imine (C=N–C) groups is 1. The van der Waals surface area contributed by atoms with Gasteiger partial charge in [-0.3, -0.25) is 4.99 Å². The third-order valence-electron chi connectivity index (χ3n) is 3.93. The lowest BCUT2D eigenvalue weighted by Gasteiger charge is -2.24. The Morgan fingerprint density at radius 3 is 2.59 bits per heavy atom. The number of benzene rings is 2. The highest BCUT2D eigenvalue weighted by atomic mass is 127. The summed E-state index contributed by atoms with van der Waals surface area (Å²) in [7, 11) is 0. The van der Waals surface area contributed by atoms with E-state index in [1.54, 1.807) is 0 Å². The molecule has 0 saturated carbocycles. The van der Waals surface area contributed by atoms with Gasteiger partial charge in [0.25, 0.3) is 0 Å². The van der Waals surface area contributed by atoms with E-state index in [1.807, 2.05) is 24.3 Å². The Morgan fingerprint density at radius 1 is 1.19 bits per heavy atom. The number of para-hydroxylation sites is 1. The van der Waals surface area contributed by atoms with Crippen molar-refractivity contribution >= 4 is 35.6 Å². The van der Waals surface area contributed by atoms with Crippen LogP contribution < -0.4 is 20.5 Å². The molecule has 1 aliphatic heterocycles. The fourth-order valence-electron chi connectivity index (χ4n) is 2.74. The fourth-order valence-corrected chi connectivity index (χ4v) is 2.74. The number of nitrogens with two attached hydrogens (primary N) is 1. The van der Waals surface area contributed by atoms with Gasteiger partial charge in [-0.2, -0.15) is 0 Å². The van der Waals surface area contributed by atoms with E-state index in [1.165, 1.54) is 24.3 Å². The Bertz CT molecular complexity index is 782. The van der Waals surface area contributed by atoms with E-state index in [4.69, 9.17) is 10.5 Å². The summed E-state index contributed by atoms with van der Waals surface area (Å²) < 4.78 is 45.9. The fraction of sp³-hybridized carbons (Fsp3) is 0.278. The van der Waals surface area contributed by atoms with Gasteiger partial charge in [0.1, 0.15) is 11.5 Å². The van der Waals surface area contributed by atoms with E-state index < -0.39 is 6.36 Å². The molecule has 0 fully saturated rings. The summed E-state index contributed by atoms with van der Waals surface area (Å²) in [5.74, 6) is 0.976. The van der Waals surface area contributed by atoms with E-state index in [0.29, 0.717) is 18.8 Å². The number of guanidine groups is 1. The molecule has 3 rings (SSSR count). The van der Waals surface area contributed by atoms with Crippen molar-refractivity contribution in [2.24, 2.45) is 10.7 Å². The van der Waals surface area contributed by atoms with E-state index >= 15 is 0 Å². The summed E-state index contributed by atoms with van der Waals surface area (Å²) in [4.78, 5) is 4.34. The summed E-state index contributed by atoms with van der Waals surface area (Å²) in [5.41, 5.74) is 7.50. The molecule has 3 N–H and O–H groups in total. The number of nitrogens with zero attached hydrogens (tertiary/aromatic N) is 1. The van der Waals surface area contributed by atoms with Gasteiger partial charge in [-0.15, -0.1) is 37.1 Å². The standard InChI is InChI=1S/C18H18F3N3O2.HI/c19-18(20,21)26-14-7-5-13(6-8-14)24-17(22)23-11-12-9-10-25-16-4-2-1-3-15(12)16;/h1-8,12H,9-11H2,(H3,22,23,24);1H. The smallest absolute Gasteiger partial charge is 0.493 e. The van der Waals surface area contributed by atoms with Crippen molar-refractivity contribution in [3.8, 4) is 11.5 Å². The molecule has 2 aromatic carbocycles. The highest BCUT2D eigenvalue weighted by Crippen LogP contribution is 2.33. The molecule has 0 spiro atoms. The van der Waals surface area contributed by atoms with Crippen LogP contribution in [0.5, 0.6) is 11.5 Å². The first-order valence-corrected chi connectivity index (χ1v) is 8.05. The van der Waals surface area contributed by atoms with Crippen molar-refractivity contribution in [2.45, 2.75) is 18.7 Å². The third kappa shape index (κ3) is 6.19. The van der Waals surface area contributed by atoms with Gasteiger partial charge < -0.3 is 20.5 Å². The first-order valence-electron chi connectivity index (χ1n) is 8.05. The monoisotopic (exact) mass is 493 g/mol. The minimum atomic E-state index is -4.71. The van der Waals surface area contributed by atoms with Gasteiger partial charge in [0.05, 0.1) is 6.61 Å². The molecule has 9 heteroatoms. The maximum absolute atomic E-state index is 12.1. The van der Waals surface area contributed by atoms with Gasteiger partial charge in [-0.05, 0) is 42.3 Å². The molecule has 2 aromatic rings. The van der Waals surface area contributed by atoms with Gasteiger partial charge in [-0.25, -0.2) is 0 Å². The average Bonchev–Trinajstić information content (AvgIpc) is 2.60. The van der Waals surface area contributed by atoms with Crippen LogP contribution in [0.3, 0.4) is 0 Å². The Balaban J connectivity index is 0.00000261. The molecule has 1 heterocycles. The van der Waals surface area contributed by atoms with Gasteiger partial charge in [0, 0.05) is 18.2 Å². The quantitative estimate of drug-likeness (QED) is 0.374. The average molecular weight is 493 g/mol. The molecule has 0 amide bonds. The minimum Gasteiger partial charge on any atom is -0.493 e. The number of alkyl halides is 3. The molecular formula is C18H19F3IN3O2. The molecular weight excluding hydrogens is 474 g/mol. The Kier molecular flexibility index (Phi) is 7.17. The number of hydrogen-bond acceptors (Lipinski definition) is 3. The Morgan fingerprint density at radius 2 is 1.89 bits per heavy atom. The normalized spacial score (nSPS) is 16.6. The third-order valence-corrected chi connectivity index (χ3v) is 3.93. The number of hydrogen-bond donors (Lipinski definition) is 2. The lowest BCUT2D eigenvalue weighted by molar-refractivity contribution is -0.274. The second kappa shape index (κ2) is 9.16. The van der Waals surface area contributed by atoms with Gasteiger partial charge in [-0.1, -0.05) is 18.2 Å². The van der Waals surface area contributed by atoms with Gasteiger partial charge >= 0.3 is 6.36 Å². The van der Waals surface area contributed by atoms with Crippen molar-refractivity contribution in [1.29, 1.82) is 0 Å². The lowest BCUT2D eigenvalue weighted by Crippen LogP contribution is -2.24. The van der Waals surface area contributed by atoms with Crippen molar-refractivity contribution in [3.63, 3.8) is 0 Å². The van der Waals surface area contributed by atoms with Gasteiger partial charge in [0.2, 0.25) is 0 Å². The number of halogens is 4. The number of fused-ring (bicyclic) bond motifs is 1. The molecule has 27 heavy (non-hydrogen) atoms. The molecule has 1 unspecified atom stereocenters. The van der Waals surface area contributed by atoms with Gasteiger partial charge in [0.15, 0.2) is 5.96 Å². The predicted octanol–water partition coefficient (Wildman–Crippen LogP) is 4.50. The molecule has 0 radical (unpaired) electrons. The van der Waals surface area contributed by atoms with Crippen LogP contribution >= 0.6 is 24.0 Å². The Labute approximate surface area is 171 Å². The summed E-state index contributed by atoms with van der Waals surface area (Å²) in [6.07, 6.45) is -3.87. The van der Waals surface area contributed by atoms with Crippen molar-refractivity contribution in [2.75, 3.05) is 18.5 Å². The maximum atomic E-state index is 12.1. The van der Waals surface area contributed by atoms with E-state index in [2.05, 4.69) is 15.0 Å². The van der Waals surface area contributed by atoms with Crippen LogP contribution in [0.4, 0.5) is 18.9 Å². The van der Waals surface area contributed by atoms with E-state index in [-0.39, 0.29) is 41.6 Å². The van der Waals surface area contributed by atoms with Crippen molar-refractivity contribution in [1.82, 2.24) is 0 Å². The summed E-state index contributed by atoms with van der Waals surface area (Å²) in [6, 6.07) is 13.1. The highest BCUT2D eigenvalue weighted by Gasteiger charge is 2.30. The molecule has 0 aliphatic carbocycles. The highest BCUT2D eigenvalue weighted by molar-refractivity contribution is 14.0. The number of nitrogens with one attached hydrogen (secondary N) is 1. The summed E-state index contributed by atoms with van der Waals surface area (Å²) >= 11 is 0. The first kappa shape index (κ1) is 21.1. The van der Waals surface area contributed by atoms with E-state index in [9.17, 15) is 13.2 Å². The zero-order valence-electron chi connectivity index (χ0n) is 14.2. The topological polar surface area (TPSA) is 68.9 Å². The zero-order valence-corrected chi connectivity index (χ0v) is 16.5. The lowest BCUT2D eigenvalue weighted by atomic mass is 9.93. The summed E-state index contributed by atoms with van der Waals surface area (Å²) in [6.45, 7) is 1.12. The van der Waals surface area contributed by atoms with Crippen LogP contribution in [-0.2, 0) is 0 Å². The molecule has 0 aromatic heterocycles. The minimum absolute atomic E-state index is 0. The SMILES string of the molecule is I.NC(=NCC1CCOc2ccccc21)Nc1ccc(OC(F)(F)F)cc1. The van der Waals surface area contributed by atoms with Crippen LogP contribution in [0, 0.1) is 0 Å². The summed E-state index contributed by atoms with van der Waals surface area (Å²) in [5, 5.41) is 2.86. The van der Waals surface area contributed by atoms with Crippen LogP contribution in [-0.4, -0.2) is 25.5 Å². The van der Waals surface area contributed by atoms with Crippen LogP contribution in [0.25, 0.3) is 0 Å². The second-order valence-corrected chi connectivity index (χ2v) is 5.79. The second-order valence-electron chi connectivity index (χ2n) is 5.79. The maximum Gasteiger partial charge on any atom is 0.573 e. The molecule has 146 valence electrons. The number of rotatable bonds is 4. The Hall–Kier alpha value is -2.17. The first-order chi connectivity index (χ1) is 12.4. The van der Waals surface area contributed by atoms with Crippen molar-refractivity contribution < 1.29 is 22.6 Å². The van der Waals surface area contributed by atoms with Crippen LogP contribution in [0.15, 0.2) is 53.5 Å². The predicted molar refractivity (Wildman–Crippen MR) is 108 cm³/mol. The van der Waals surface area contributed by atoms with Crippen LogP contribution in [0.1, 0.15) is 17.9 Å². The molecule has 0 saturated heterocycles. The molecule has 0 bridgehead atoms. The number of ether oxygens (including phenoxy) is 2. The van der Waals surface area contributed by atoms with Crippen LogP contribution in [0.2, 0.25) is 0 Å².